The number of aromatic nitrogens is 1. The maximum absolute atomic E-state index is 9.97. The van der Waals surface area contributed by atoms with Gasteiger partial charge in [-0.3, -0.25) is 10.2 Å². The Bertz CT molecular complexity index is 488. The van der Waals surface area contributed by atoms with E-state index in [2.05, 4.69) is 4.98 Å². The molecule has 0 aliphatic rings. The Morgan fingerprint density at radius 1 is 1.06 bits per heavy atom. The van der Waals surface area contributed by atoms with E-state index in [-0.39, 0.29) is 12.4 Å². The minimum atomic E-state index is 0. The van der Waals surface area contributed by atoms with E-state index in [4.69, 9.17) is 23.2 Å². The molecule has 0 bridgehead atoms. The molecule has 1 aromatic heterocycles. The first kappa shape index (κ1) is 15.1. The van der Waals surface area contributed by atoms with E-state index in [1.54, 1.807) is 0 Å². The smallest absolute Gasteiger partial charge is 0.104 e. The van der Waals surface area contributed by atoms with Crippen LogP contribution >= 0.6 is 35.6 Å². The monoisotopic (exact) mass is 304 g/mol. The largest absolute Gasteiger partial charge is 0.288 e. The van der Waals surface area contributed by atoms with Gasteiger partial charge in [-0.25, -0.2) is 5.06 Å². The Morgan fingerprint density at radius 2 is 1.61 bits per heavy atom. The summed E-state index contributed by atoms with van der Waals surface area (Å²) in [6.07, 6.45) is 2.88. The average molecular weight is 306 g/mol. The normalized spacial score (nSPS) is 9.72. The summed E-state index contributed by atoms with van der Waals surface area (Å²) in [5.74, 6) is 0. The molecule has 6 heteroatoms. The van der Waals surface area contributed by atoms with Crippen LogP contribution in [0, 0.1) is 0 Å². The van der Waals surface area contributed by atoms with Gasteiger partial charge in [0.25, 0.3) is 0 Å². The lowest BCUT2D eigenvalue weighted by atomic mass is 10.2. The van der Waals surface area contributed by atoms with E-state index < -0.39 is 0 Å². The molecule has 2 aromatic rings. The van der Waals surface area contributed by atoms with Crippen molar-refractivity contribution >= 4 is 41.3 Å². The van der Waals surface area contributed by atoms with E-state index in [1.165, 1.54) is 12.4 Å². The van der Waals surface area contributed by atoms with Crippen LogP contribution in [0.2, 0.25) is 10.0 Å². The standard InChI is InChI=1S/C12H10Cl2N2O.ClH/c13-10-6-15-7-11(14)12(10)16(17)8-9-4-2-1-3-5-9;/h1-7,17H,8H2;1H. The summed E-state index contributed by atoms with van der Waals surface area (Å²) in [5.41, 5.74) is 1.33. The Kier molecular flexibility index (Phi) is 5.69. The highest BCUT2D eigenvalue weighted by Crippen LogP contribution is 2.32. The molecule has 0 atom stereocenters. The summed E-state index contributed by atoms with van der Waals surface area (Å²) in [6.45, 7) is 0.310. The summed E-state index contributed by atoms with van der Waals surface area (Å²) < 4.78 is 0. The zero-order chi connectivity index (χ0) is 12.3. The van der Waals surface area contributed by atoms with Crippen LogP contribution in [-0.2, 0) is 6.54 Å². The lowest BCUT2D eigenvalue weighted by Gasteiger charge is -2.19. The van der Waals surface area contributed by atoms with Crippen molar-refractivity contribution in [3.05, 3.63) is 58.3 Å². The van der Waals surface area contributed by atoms with Crippen molar-refractivity contribution in [2.45, 2.75) is 6.54 Å². The van der Waals surface area contributed by atoms with Crippen molar-refractivity contribution in [2.24, 2.45) is 0 Å². The topological polar surface area (TPSA) is 36.4 Å². The predicted octanol–water partition coefficient (Wildman–Crippen LogP) is 4.21. The van der Waals surface area contributed by atoms with E-state index in [0.717, 1.165) is 10.6 Å². The summed E-state index contributed by atoms with van der Waals surface area (Å²) >= 11 is 11.9. The third-order valence-corrected chi connectivity index (χ3v) is 2.81. The maximum atomic E-state index is 9.97. The fourth-order valence-corrected chi connectivity index (χ4v) is 2.05. The third kappa shape index (κ3) is 3.50. The first-order valence-corrected chi connectivity index (χ1v) is 5.73. The molecule has 1 N–H and O–H groups in total. The van der Waals surface area contributed by atoms with Gasteiger partial charge >= 0.3 is 0 Å². The molecule has 3 nitrogen and oxygen atoms in total. The van der Waals surface area contributed by atoms with Crippen molar-refractivity contribution in [1.29, 1.82) is 0 Å². The molecule has 1 aromatic carbocycles. The lowest BCUT2D eigenvalue weighted by Crippen LogP contribution is -2.18. The van der Waals surface area contributed by atoms with E-state index in [1.807, 2.05) is 30.3 Å². The minimum Gasteiger partial charge on any atom is -0.288 e. The van der Waals surface area contributed by atoms with Gasteiger partial charge < -0.3 is 0 Å². The van der Waals surface area contributed by atoms with Gasteiger partial charge in [-0.2, -0.15) is 0 Å². The number of hydrogen-bond acceptors (Lipinski definition) is 3. The van der Waals surface area contributed by atoms with Gasteiger partial charge in [-0.05, 0) is 5.56 Å². The third-order valence-electron chi connectivity index (χ3n) is 2.26. The van der Waals surface area contributed by atoms with Crippen LogP contribution in [0.15, 0.2) is 42.7 Å². The van der Waals surface area contributed by atoms with E-state index in [9.17, 15) is 5.21 Å². The molecule has 2 rings (SSSR count). The van der Waals surface area contributed by atoms with Crippen molar-refractivity contribution in [2.75, 3.05) is 5.06 Å². The fourth-order valence-electron chi connectivity index (χ4n) is 1.49. The zero-order valence-electron chi connectivity index (χ0n) is 9.25. The fraction of sp³-hybridized carbons (Fsp3) is 0.0833. The summed E-state index contributed by atoms with van der Waals surface area (Å²) in [4.78, 5) is 3.83. The van der Waals surface area contributed by atoms with Crippen molar-refractivity contribution < 1.29 is 5.21 Å². The second-order valence-electron chi connectivity index (χ2n) is 3.49. The molecule has 0 radical (unpaired) electrons. The van der Waals surface area contributed by atoms with E-state index >= 15 is 0 Å². The van der Waals surface area contributed by atoms with Gasteiger partial charge in [0.2, 0.25) is 0 Å². The van der Waals surface area contributed by atoms with Crippen LogP contribution in [0.25, 0.3) is 0 Å². The van der Waals surface area contributed by atoms with Gasteiger partial charge in [0, 0.05) is 12.4 Å². The molecule has 0 saturated heterocycles. The Hall–Kier alpha value is -1.00. The number of anilines is 1. The van der Waals surface area contributed by atoms with Crippen molar-refractivity contribution in [1.82, 2.24) is 4.98 Å². The molecular weight excluding hydrogens is 295 g/mol. The molecule has 1 heterocycles. The molecule has 0 aliphatic heterocycles. The lowest BCUT2D eigenvalue weighted by molar-refractivity contribution is 0.250. The highest BCUT2D eigenvalue weighted by Gasteiger charge is 2.13. The van der Waals surface area contributed by atoms with E-state index in [0.29, 0.717) is 22.3 Å². The van der Waals surface area contributed by atoms with Gasteiger partial charge in [-0.1, -0.05) is 53.5 Å². The van der Waals surface area contributed by atoms with Gasteiger partial charge in [0.05, 0.1) is 16.6 Å². The predicted molar refractivity (Wildman–Crippen MR) is 75.9 cm³/mol. The molecular formula is C12H11Cl3N2O. The highest BCUT2D eigenvalue weighted by atomic mass is 35.5. The van der Waals surface area contributed by atoms with Crippen molar-refractivity contribution in [3.8, 4) is 0 Å². The summed E-state index contributed by atoms with van der Waals surface area (Å²) in [7, 11) is 0. The number of nitrogens with zero attached hydrogens (tertiary/aromatic N) is 2. The number of hydroxylamine groups is 1. The second kappa shape index (κ2) is 6.81. The van der Waals surface area contributed by atoms with Gasteiger partial charge in [0.1, 0.15) is 5.69 Å². The number of halogens is 3. The van der Waals surface area contributed by atoms with Gasteiger partial charge in [-0.15, -0.1) is 12.4 Å². The molecule has 96 valence electrons. The number of hydrogen-bond donors (Lipinski definition) is 1. The first-order chi connectivity index (χ1) is 8.18. The SMILES string of the molecule is Cl.ON(Cc1ccccc1)c1c(Cl)cncc1Cl. The quantitative estimate of drug-likeness (QED) is 0.863. The molecule has 0 unspecified atom stereocenters. The molecule has 0 fully saturated rings. The molecule has 18 heavy (non-hydrogen) atoms. The Balaban J connectivity index is 0.00000162. The van der Waals surface area contributed by atoms with Crippen LogP contribution in [0.3, 0.4) is 0 Å². The number of rotatable bonds is 3. The molecule has 0 aliphatic carbocycles. The second-order valence-corrected chi connectivity index (χ2v) is 4.31. The summed E-state index contributed by atoms with van der Waals surface area (Å²) in [5, 5.41) is 11.6. The molecule has 0 amide bonds. The molecule has 0 spiro atoms. The number of benzene rings is 1. The summed E-state index contributed by atoms with van der Waals surface area (Å²) in [6, 6.07) is 9.54. The van der Waals surface area contributed by atoms with Crippen LogP contribution in [-0.4, -0.2) is 10.2 Å². The van der Waals surface area contributed by atoms with Gasteiger partial charge in [0.15, 0.2) is 0 Å². The minimum absolute atomic E-state index is 0. The van der Waals surface area contributed by atoms with Crippen molar-refractivity contribution in [3.63, 3.8) is 0 Å². The Morgan fingerprint density at radius 3 is 2.17 bits per heavy atom. The first-order valence-electron chi connectivity index (χ1n) is 4.98. The Labute approximate surface area is 121 Å². The maximum Gasteiger partial charge on any atom is 0.104 e. The van der Waals surface area contributed by atoms with Crippen LogP contribution in [0.1, 0.15) is 5.56 Å². The van der Waals surface area contributed by atoms with Crippen LogP contribution in [0.4, 0.5) is 5.69 Å². The van der Waals surface area contributed by atoms with Crippen LogP contribution < -0.4 is 5.06 Å². The van der Waals surface area contributed by atoms with Crippen LogP contribution in [0.5, 0.6) is 0 Å². The number of pyridine rings is 1. The zero-order valence-corrected chi connectivity index (χ0v) is 11.6. The average Bonchev–Trinajstić information content (AvgIpc) is 2.30. The molecule has 0 saturated carbocycles. The highest BCUT2D eigenvalue weighted by molar-refractivity contribution is 6.38.